The topological polar surface area (TPSA) is 401 Å². The smallest absolute Gasteiger partial charge is 1.00 e. The predicted molar refractivity (Wildman–Crippen MR) is 491 cm³/mol. The number of nitrogens with zero attached hydrogens (tertiary/aromatic N) is 14. The van der Waals surface area contributed by atoms with E-state index >= 15 is 8.78 Å². The van der Waals surface area contributed by atoms with Crippen molar-refractivity contribution < 1.29 is 176 Å². The van der Waals surface area contributed by atoms with Crippen LogP contribution in [0.4, 0.5) is 43.7 Å². The molecule has 0 saturated carbocycles. The average Bonchev–Trinajstić information content (AvgIpc) is 0.759. The van der Waals surface area contributed by atoms with Gasteiger partial charge in [0.2, 0.25) is 0 Å². The molecule has 5 N–H and O–H groups in total. The third-order valence-corrected chi connectivity index (χ3v) is 21.5. The van der Waals surface area contributed by atoms with Crippen molar-refractivity contribution in [3.05, 3.63) is 286 Å². The van der Waals surface area contributed by atoms with Crippen molar-refractivity contribution in [1.82, 2.24) is 69.1 Å². The van der Waals surface area contributed by atoms with E-state index in [1.54, 1.807) is 143 Å². The number of aliphatic hydroxyl groups is 2. The van der Waals surface area contributed by atoms with E-state index in [1.165, 1.54) is 43.8 Å². The quantitative estimate of drug-likeness (QED) is 0.0145. The van der Waals surface area contributed by atoms with E-state index in [0.717, 1.165) is 41.1 Å². The fourth-order valence-corrected chi connectivity index (χ4v) is 14.8. The largest absolute Gasteiger partial charge is 1.00 e. The summed E-state index contributed by atoms with van der Waals surface area (Å²) in [7, 11) is 1.00. The number of carbonyl (C=O) groups excluding carboxylic acids is 5. The van der Waals surface area contributed by atoms with Crippen molar-refractivity contribution in [2.75, 3.05) is 102 Å². The van der Waals surface area contributed by atoms with Crippen molar-refractivity contribution in [2.24, 2.45) is 0 Å². The molecule has 39 heteroatoms. The molecule has 3 aliphatic rings. The number of aliphatic hydroxyl groups excluding tert-OH is 2. The van der Waals surface area contributed by atoms with E-state index in [1.807, 2.05) is 77.9 Å². The molecule has 32 nitrogen and oxygen atoms in total. The van der Waals surface area contributed by atoms with E-state index in [-0.39, 0.29) is 157 Å². The zero-order valence-corrected chi connectivity index (χ0v) is 84.4. The summed E-state index contributed by atoms with van der Waals surface area (Å²) in [4.78, 5) is 124. The maximum atomic E-state index is 15.4. The molecule has 0 aliphatic carbocycles. The van der Waals surface area contributed by atoms with E-state index < -0.39 is 35.3 Å². The molecular formula is C92H92Br3F2K2N17O15. The van der Waals surface area contributed by atoms with Crippen molar-refractivity contribution >= 4 is 134 Å². The number of morpholine rings is 3. The molecule has 16 rings (SSSR count). The minimum atomic E-state index is -0.634. The van der Waals surface area contributed by atoms with Gasteiger partial charge in [-0.15, -0.1) is 0 Å². The van der Waals surface area contributed by atoms with E-state index in [4.69, 9.17) is 34.1 Å². The molecule has 3 fully saturated rings. The number of esters is 1. The Labute approximate surface area is 864 Å². The summed E-state index contributed by atoms with van der Waals surface area (Å²) in [6, 6.07) is 41.8. The first kappa shape index (κ1) is 105. The summed E-state index contributed by atoms with van der Waals surface area (Å²) < 4.78 is 57.2. The third-order valence-electron chi connectivity index (χ3n) is 20.0. The Kier molecular flexibility index (Phi) is 40.4. The van der Waals surface area contributed by atoms with Crippen molar-refractivity contribution in [3.8, 4) is 33.6 Å². The molecule has 0 bridgehead atoms. The van der Waals surface area contributed by atoms with Gasteiger partial charge in [0, 0.05) is 128 Å². The molecule has 672 valence electrons. The fourth-order valence-electron chi connectivity index (χ4n) is 13.5. The first-order valence-electron chi connectivity index (χ1n) is 40.3. The van der Waals surface area contributed by atoms with Crippen LogP contribution in [0.15, 0.2) is 225 Å². The SMILES string of the molecule is Brc1ccnc(Br)c1.CC(=O)OCc1c(-c2ccnc(Nc3ccc(C(=O)N4CCOCC4)cn3)c2)cccc1-n1ncc2cc(C(C)(C)C)cc(F)c2c1=O.CC(C)(C)c1cc(F)c2c(=O)n(-c3cccc(-c4ccnc(Nc5ccc(C(=O)N6CCOCC6)cn5)c4)c3CO)ncc2c1.CO.O=C(c1ccc(Nc2cc(Br)ccn2)nc1)N1CCOCC1.O=CO[O-].[H-].[K+].[K+]. The molecule has 3 aliphatic heterocycles. The van der Waals surface area contributed by atoms with Gasteiger partial charge in [-0.1, -0.05) is 97.7 Å². The number of rotatable bonds is 17. The molecule has 4 aromatic carbocycles. The first-order valence-corrected chi connectivity index (χ1v) is 42.7. The predicted octanol–water partition coefficient (Wildman–Crippen LogP) is 7.77. The number of nitrogens with one attached hydrogen (secondary N) is 3. The molecule has 12 heterocycles. The summed E-state index contributed by atoms with van der Waals surface area (Å²) in [5.41, 5.74) is 5.51. The average molecular weight is 2030 g/mol. The minimum absolute atomic E-state index is 0. The number of pyridine rings is 7. The standard InChI is InChI=1S/C36H35FN6O5.C34H33FN6O4.C15H15BrN4O2.C5H3Br2N.CH2O3.CH4O.2K.H/c1-22(44)48-21-28-27(6-5-7-30(28)43-35(46)33-25(20-40-43)16-26(18-29(33)37)36(2,3)4)23-10-11-38-32(17-23)41-31-9-8-24(19-39-31)34(45)42-12-14-47-15-13-42;1-34(2,3)24-15-23-19-38-41(33(44)31(23)27(35)17-24)28-6-4-5-25(26(28)20-42)21-9-10-36-30(16-21)39-29-8-7-22(18-37-29)32(43)40-11-13-45-14-12-40;16-12-3-4-17-14(9-12)19-13-2-1-11(10-18-13)15(21)20-5-7-22-8-6-20;6-4-1-2-8-5(7)3-4;2-1-4-3;1-2;;;/h5-11,16-20H,12-15,21H2,1-4H3,(H,38,39,41);4-10,15-19,42H,11-14,20H2,1-3H3,(H,36,37,39);1-4,9-10H,5-8H2,(H,17,18,19);1-3H;1,3H;2H,1H3;;;/q;;;;;;2*+1;-1/p-1. The molecule has 13 aromatic rings. The van der Waals surface area contributed by atoms with Gasteiger partial charge in [0.15, 0.2) is 0 Å². The van der Waals surface area contributed by atoms with Crippen LogP contribution in [-0.4, -0.2) is 196 Å². The number of aromatic nitrogens is 11. The molecule has 3 saturated heterocycles. The zero-order valence-electron chi connectivity index (χ0n) is 74.4. The van der Waals surface area contributed by atoms with Gasteiger partial charge in [-0.2, -0.15) is 19.6 Å². The van der Waals surface area contributed by atoms with Gasteiger partial charge in [-0.05, 0) is 181 Å². The molecule has 0 unspecified atom stereocenters. The number of amides is 3. The molecule has 3 amide bonds. The summed E-state index contributed by atoms with van der Waals surface area (Å²) in [5, 5.41) is 44.8. The van der Waals surface area contributed by atoms with Crippen molar-refractivity contribution in [1.29, 1.82) is 0 Å². The number of fused-ring (bicyclic) bond motifs is 2. The second kappa shape index (κ2) is 50.4. The summed E-state index contributed by atoms with van der Waals surface area (Å²) in [6.07, 6.45) is 14.2. The maximum absolute atomic E-state index is 15.4. The van der Waals surface area contributed by atoms with Crippen LogP contribution in [0.5, 0.6) is 0 Å². The Balaban J connectivity index is 0.000000235. The maximum Gasteiger partial charge on any atom is 1.00 e. The number of carbonyl (C=O) groups is 5. The van der Waals surface area contributed by atoms with E-state index in [2.05, 4.69) is 114 Å². The molecule has 131 heavy (non-hydrogen) atoms. The zero-order chi connectivity index (χ0) is 92.5. The normalized spacial score (nSPS) is 12.8. The van der Waals surface area contributed by atoms with Crippen molar-refractivity contribution in [2.45, 2.75) is 72.5 Å². The molecular weight excluding hydrogens is 1940 g/mol. The number of benzene rings is 4. The monoisotopic (exact) mass is 2030 g/mol. The Morgan fingerprint density at radius 1 is 0.489 bits per heavy atom. The van der Waals surface area contributed by atoms with Crippen molar-refractivity contribution in [3.63, 3.8) is 0 Å². The summed E-state index contributed by atoms with van der Waals surface area (Å²) in [6.45, 7) is 19.1. The van der Waals surface area contributed by atoms with Crippen LogP contribution in [0.25, 0.3) is 55.2 Å². The van der Waals surface area contributed by atoms with Crippen LogP contribution in [0.1, 0.15) is 103 Å². The van der Waals surface area contributed by atoms with Gasteiger partial charge >= 0.3 is 109 Å². The van der Waals surface area contributed by atoms with Crippen LogP contribution >= 0.6 is 47.8 Å². The summed E-state index contributed by atoms with van der Waals surface area (Å²) in [5.74, 6) is 1.31. The summed E-state index contributed by atoms with van der Waals surface area (Å²) >= 11 is 9.90. The van der Waals surface area contributed by atoms with Gasteiger partial charge in [-0.3, -0.25) is 33.6 Å². The van der Waals surface area contributed by atoms with E-state index in [9.17, 15) is 33.9 Å². The van der Waals surface area contributed by atoms with Gasteiger partial charge < -0.3 is 71.4 Å². The number of halogens is 5. The van der Waals surface area contributed by atoms with Gasteiger partial charge in [-0.25, -0.2) is 43.7 Å². The number of hydrogen-bond donors (Lipinski definition) is 5. The van der Waals surface area contributed by atoms with Crippen LogP contribution in [0, 0.1) is 11.6 Å². The second-order valence-corrected chi connectivity index (χ2v) is 33.3. The van der Waals surface area contributed by atoms with Crippen LogP contribution < -0.4 is 135 Å². The second-order valence-electron chi connectivity index (χ2n) is 30.7. The minimum Gasteiger partial charge on any atom is -1.00 e. The van der Waals surface area contributed by atoms with Crippen LogP contribution in [-0.2, 0) is 57.5 Å². The number of anilines is 6. The Bertz CT molecular complexity index is 6240. The Morgan fingerprint density at radius 2 is 0.847 bits per heavy atom. The molecule has 9 aromatic heterocycles. The molecule has 0 atom stereocenters. The van der Waals surface area contributed by atoms with Gasteiger partial charge in [0.25, 0.3) is 35.3 Å². The van der Waals surface area contributed by atoms with Gasteiger partial charge in [0.05, 0.1) is 97.5 Å². The number of ether oxygens (including phenoxy) is 4. The van der Waals surface area contributed by atoms with E-state index in [0.29, 0.717) is 186 Å². The number of hydrogen-bond acceptors (Lipinski definition) is 27. The van der Waals surface area contributed by atoms with Crippen LogP contribution in [0.3, 0.4) is 0 Å². The Hall–Kier alpha value is -9.71. The Morgan fingerprint density at radius 3 is 1.18 bits per heavy atom. The van der Waals surface area contributed by atoms with Gasteiger partial charge in [0.1, 0.15) is 57.8 Å². The molecule has 0 radical (unpaired) electrons. The fraction of sp³-hybridized carbons (Fsp3) is 0.261. The third kappa shape index (κ3) is 28.7. The molecule has 0 spiro atoms. The van der Waals surface area contributed by atoms with Crippen LogP contribution in [0.2, 0.25) is 0 Å². The first-order chi connectivity index (χ1) is 62.0.